The van der Waals surface area contributed by atoms with E-state index >= 15 is 0 Å². The van der Waals surface area contributed by atoms with Gasteiger partial charge in [0.25, 0.3) is 0 Å². The van der Waals surface area contributed by atoms with E-state index in [1.165, 1.54) is 69.7 Å². The van der Waals surface area contributed by atoms with Gasteiger partial charge in [0.05, 0.1) is 5.69 Å². The average Bonchev–Trinajstić information content (AvgIpc) is 3.85. The predicted molar refractivity (Wildman–Crippen MR) is 235 cm³/mol. The molecular weight excluding hydrogens is 687 g/mol. The summed E-state index contributed by atoms with van der Waals surface area (Å²) in [6.07, 6.45) is 0. The monoisotopic (exact) mass is 719 g/mol. The summed E-state index contributed by atoms with van der Waals surface area (Å²) in [6.45, 7) is 0. The van der Waals surface area contributed by atoms with Crippen LogP contribution in [-0.4, -0.2) is 0 Å². The second-order valence-corrected chi connectivity index (χ2v) is 15.1. The highest BCUT2D eigenvalue weighted by Crippen LogP contribution is 2.51. The molecule has 55 heavy (non-hydrogen) atoms. The third-order valence-corrected chi connectivity index (χ3v) is 12.1. The summed E-state index contributed by atoms with van der Waals surface area (Å²) in [5.74, 6) is 0. The number of nitrogens with zero attached hydrogens (tertiary/aromatic N) is 1. The Morgan fingerprint density at radius 2 is 0.818 bits per heavy atom. The van der Waals surface area contributed by atoms with Gasteiger partial charge in [0.2, 0.25) is 0 Å². The molecule has 258 valence electrons. The van der Waals surface area contributed by atoms with Crippen LogP contribution in [0.3, 0.4) is 0 Å². The smallest absolute Gasteiger partial charge is 0.145 e. The van der Waals surface area contributed by atoms with Crippen LogP contribution >= 0.6 is 11.3 Å². The van der Waals surface area contributed by atoms with Crippen LogP contribution in [0.4, 0.5) is 17.1 Å². The third kappa shape index (κ3) is 5.24. The van der Waals surface area contributed by atoms with Crippen molar-refractivity contribution < 1.29 is 4.42 Å². The molecule has 2 aromatic heterocycles. The Morgan fingerprint density at radius 1 is 0.345 bits per heavy atom. The van der Waals surface area contributed by atoms with E-state index in [0.717, 1.165) is 33.6 Å². The molecule has 0 saturated heterocycles. The zero-order chi connectivity index (χ0) is 36.3. The number of fused-ring (bicyclic) bond motifs is 10. The number of hydrogen-bond acceptors (Lipinski definition) is 3. The summed E-state index contributed by atoms with van der Waals surface area (Å²) in [5, 5.41) is 7.17. The molecule has 0 aliphatic rings. The van der Waals surface area contributed by atoms with E-state index in [9.17, 15) is 0 Å². The van der Waals surface area contributed by atoms with Crippen LogP contribution in [-0.2, 0) is 0 Å². The summed E-state index contributed by atoms with van der Waals surface area (Å²) in [7, 11) is 0. The van der Waals surface area contributed by atoms with Crippen LogP contribution in [0.2, 0.25) is 0 Å². The first-order chi connectivity index (χ1) is 27.3. The van der Waals surface area contributed by atoms with Crippen molar-refractivity contribution in [2.24, 2.45) is 0 Å². The molecule has 0 radical (unpaired) electrons. The number of para-hydroxylation sites is 1. The Kier molecular flexibility index (Phi) is 7.39. The van der Waals surface area contributed by atoms with Gasteiger partial charge in [-0.05, 0) is 81.2 Å². The van der Waals surface area contributed by atoms with Crippen LogP contribution in [0, 0.1) is 0 Å². The van der Waals surface area contributed by atoms with E-state index in [-0.39, 0.29) is 0 Å². The first-order valence-electron chi connectivity index (χ1n) is 18.7. The summed E-state index contributed by atoms with van der Waals surface area (Å²) in [5.41, 5.74) is 12.4. The standard InChI is InChI=1S/C52H33NOS/c1-3-12-34(13-4-1)36-22-24-37(25-23-36)39-28-32-41(33-29-39)53(40-30-26-38(27-31-40)35-14-5-2-6-15-35)45-19-11-21-47-49(45)50-51-48(44-18-9-10-20-46(44)54-51)42-16-7-8-17-43(42)52(50)55-47/h1-33H. The van der Waals surface area contributed by atoms with Crippen molar-refractivity contribution in [3.63, 3.8) is 0 Å². The maximum absolute atomic E-state index is 6.84. The van der Waals surface area contributed by atoms with Gasteiger partial charge in [-0.3, -0.25) is 0 Å². The fourth-order valence-corrected chi connectivity index (χ4v) is 9.52. The Balaban J connectivity index is 1.12. The lowest BCUT2D eigenvalue weighted by atomic mass is 9.98. The molecule has 0 fully saturated rings. The molecule has 9 aromatic carbocycles. The first kappa shape index (κ1) is 31.6. The molecule has 0 atom stereocenters. The van der Waals surface area contributed by atoms with Gasteiger partial charge in [-0.1, -0.05) is 158 Å². The minimum atomic E-state index is 0.910. The Labute approximate surface area is 322 Å². The van der Waals surface area contributed by atoms with Crippen molar-refractivity contribution in [3.8, 4) is 33.4 Å². The van der Waals surface area contributed by atoms with Crippen molar-refractivity contribution >= 4 is 81.3 Å². The summed E-state index contributed by atoms with van der Waals surface area (Å²) < 4.78 is 9.32. The minimum Gasteiger partial charge on any atom is -0.455 e. The molecule has 0 amide bonds. The second-order valence-electron chi connectivity index (χ2n) is 14.0. The van der Waals surface area contributed by atoms with Gasteiger partial charge in [-0.25, -0.2) is 0 Å². The van der Waals surface area contributed by atoms with Crippen LogP contribution in [0.5, 0.6) is 0 Å². The molecule has 3 heteroatoms. The van der Waals surface area contributed by atoms with Gasteiger partial charge in [0.15, 0.2) is 0 Å². The van der Waals surface area contributed by atoms with Gasteiger partial charge in [-0.15, -0.1) is 11.3 Å². The lowest BCUT2D eigenvalue weighted by molar-refractivity contribution is 0.673. The van der Waals surface area contributed by atoms with Crippen molar-refractivity contribution in [1.29, 1.82) is 0 Å². The fourth-order valence-electron chi connectivity index (χ4n) is 8.26. The third-order valence-electron chi connectivity index (χ3n) is 10.9. The van der Waals surface area contributed by atoms with Crippen molar-refractivity contribution in [3.05, 3.63) is 200 Å². The molecule has 2 heterocycles. The number of anilines is 3. The number of rotatable bonds is 6. The highest BCUT2D eigenvalue weighted by atomic mass is 32.1. The van der Waals surface area contributed by atoms with Crippen molar-refractivity contribution in [1.82, 2.24) is 0 Å². The van der Waals surface area contributed by atoms with Gasteiger partial charge in [0, 0.05) is 47.7 Å². The summed E-state index contributed by atoms with van der Waals surface area (Å²) in [6, 6.07) is 71.9. The lowest BCUT2D eigenvalue weighted by Crippen LogP contribution is -2.10. The van der Waals surface area contributed by atoms with E-state index in [2.05, 4.69) is 205 Å². The Morgan fingerprint density at radius 3 is 1.40 bits per heavy atom. The van der Waals surface area contributed by atoms with E-state index in [4.69, 9.17) is 4.42 Å². The predicted octanol–water partition coefficient (Wildman–Crippen LogP) is 15.6. The molecule has 2 nitrogen and oxygen atoms in total. The minimum absolute atomic E-state index is 0.910. The van der Waals surface area contributed by atoms with Crippen LogP contribution in [0.15, 0.2) is 205 Å². The highest BCUT2D eigenvalue weighted by molar-refractivity contribution is 7.27. The molecule has 0 aliphatic carbocycles. The highest BCUT2D eigenvalue weighted by Gasteiger charge is 2.24. The molecule has 0 aliphatic heterocycles. The number of thiophene rings is 1. The van der Waals surface area contributed by atoms with E-state index in [1.54, 1.807) is 0 Å². The van der Waals surface area contributed by atoms with Gasteiger partial charge >= 0.3 is 0 Å². The molecular formula is C52H33NOS. The summed E-state index contributed by atoms with van der Waals surface area (Å²) in [4.78, 5) is 2.41. The maximum atomic E-state index is 6.84. The lowest BCUT2D eigenvalue weighted by Gasteiger charge is -2.27. The molecule has 0 saturated carbocycles. The quantitative estimate of drug-likeness (QED) is 0.170. The molecule has 11 aromatic rings. The molecule has 11 rings (SSSR count). The van der Waals surface area contributed by atoms with E-state index in [1.807, 2.05) is 11.3 Å². The first-order valence-corrected chi connectivity index (χ1v) is 19.5. The molecule has 0 bridgehead atoms. The summed E-state index contributed by atoms with van der Waals surface area (Å²) >= 11 is 1.85. The number of furan rings is 1. The Bertz CT molecular complexity index is 3160. The van der Waals surface area contributed by atoms with Gasteiger partial charge in [0.1, 0.15) is 11.2 Å². The van der Waals surface area contributed by atoms with E-state index in [0.29, 0.717) is 0 Å². The SMILES string of the molecule is c1ccc(-c2ccc(-c3ccc(N(c4ccc(-c5ccccc5)cc4)c4cccc5sc6c7ccccc7c7c8ccccc8oc7c6c45)cc3)cc2)cc1. The fraction of sp³-hybridized carbons (Fsp3) is 0. The molecule has 0 N–H and O–H groups in total. The Hall–Kier alpha value is -6.94. The average molecular weight is 720 g/mol. The molecule has 0 spiro atoms. The van der Waals surface area contributed by atoms with Crippen LogP contribution in [0.25, 0.3) is 86.3 Å². The van der Waals surface area contributed by atoms with Gasteiger partial charge < -0.3 is 9.32 Å². The van der Waals surface area contributed by atoms with Crippen molar-refractivity contribution in [2.45, 2.75) is 0 Å². The van der Waals surface area contributed by atoms with E-state index < -0.39 is 0 Å². The number of benzene rings is 9. The molecule has 0 unspecified atom stereocenters. The normalized spacial score (nSPS) is 11.6. The number of hydrogen-bond donors (Lipinski definition) is 0. The van der Waals surface area contributed by atoms with Gasteiger partial charge in [-0.2, -0.15) is 0 Å². The van der Waals surface area contributed by atoms with Crippen LogP contribution < -0.4 is 4.90 Å². The largest absolute Gasteiger partial charge is 0.455 e. The second kappa shape index (κ2) is 12.9. The van der Waals surface area contributed by atoms with Crippen LogP contribution in [0.1, 0.15) is 0 Å². The van der Waals surface area contributed by atoms with Crippen molar-refractivity contribution in [2.75, 3.05) is 4.90 Å². The topological polar surface area (TPSA) is 16.4 Å². The zero-order valence-corrected chi connectivity index (χ0v) is 30.6. The zero-order valence-electron chi connectivity index (χ0n) is 29.8. The maximum Gasteiger partial charge on any atom is 0.145 e.